The summed E-state index contributed by atoms with van der Waals surface area (Å²) in [6.45, 7) is 3.42. The quantitative estimate of drug-likeness (QED) is 0.0988. The third kappa shape index (κ3) is 10.3. The number of benzene rings is 2. The van der Waals surface area contributed by atoms with E-state index in [4.69, 9.17) is 23.8 Å². The highest BCUT2D eigenvalue weighted by molar-refractivity contribution is 7.71. The lowest BCUT2D eigenvalue weighted by molar-refractivity contribution is -0.137. The predicted octanol–water partition coefficient (Wildman–Crippen LogP) is 7.73. The summed E-state index contributed by atoms with van der Waals surface area (Å²) in [4.78, 5) is 30.3. The highest BCUT2D eigenvalue weighted by atomic mass is 35.5. The third-order valence-corrected chi connectivity index (χ3v) is 5.99. The van der Waals surface area contributed by atoms with Crippen LogP contribution in [-0.2, 0) is 11.0 Å². The molecule has 0 atom stereocenters. The number of alkyl halides is 3. The topological polar surface area (TPSA) is 102 Å². The van der Waals surface area contributed by atoms with E-state index < -0.39 is 23.6 Å². The molecule has 4 N–H and O–H groups in total. The Bertz CT molecular complexity index is 1430. The first kappa shape index (κ1) is 33.4. The zero-order chi connectivity index (χ0) is 30.7. The number of aliphatic imine (C=N–C) groups is 1. The Hall–Kier alpha value is -3.81. The molecule has 0 radical (unpaired) electrons. The lowest BCUT2D eigenvalue weighted by atomic mass is 10.2. The number of H-pyrrole nitrogens is 1. The minimum atomic E-state index is -4.62. The normalized spacial score (nSPS) is 12.1. The molecule has 14 heteroatoms. The fraction of sp³-hybridized carbons (Fsp3) is 0.259. The number of aromatic amines is 1. The zero-order valence-corrected chi connectivity index (χ0v) is 24.0. The van der Waals surface area contributed by atoms with Crippen LogP contribution in [0.4, 0.5) is 50.9 Å². The van der Waals surface area contributed by atoms with Crippen LogP contribution in [0.1, 0.15) is 18.4 Å². The van der Waals surface area contributed by atoms with Gasteiger partial charge in [-0.2, -0.15) is 13.2 Å². The number of amides is 2. The number of carbonyl (C=O) groups excluding carboxylic acids is 2. The fourth-order valence-corrected chi connectivity index (χ4v) is 3.44. The maximum absolute atomic E-state index is 14.3. The molecule has 0 bridgehead atoms. The lowest BCUT2D eigenvalue weighted by Gasteiger charge is -2.20. The average Bonchev–Trinajstić information content (AvgIpc) is 3.76. The number of pyridine rings is 1. The summed E-state index contributed by atoms with van der Waals surface area (Å²) in [5.41, 5.74) is -0.501. The molecule has 1 aromatic heterocycles. The summed E-state index contributed by atoms with van der Waals surface area (Å²) in [6.07, 6.45) is -1.31. The van der Waals surface area contributed by atoms with Crippen molar-refractivity contribution in [3.8, 4) is 0 Å². The minimum absolute atomic E-state index is 0.111. The summed E-state index contributed by atoms with van der Waals surface area (Å²) >= 11 is 11.1. The number of nitrogens with one attached hydrogen (secondary N) is 4. The molecule has 41 heavy (non-hydrogen) atoms. The van der Waals surface area contributed by atoms with Gasteiger partial charge in [0.25, 0.3) is 0 Å². The first-order chi connectivity index (χ1) is 19.3. The SMILES string of the molecule is C=Nc1ccc(N(C)c2ccc(F)c(NC(=O)Nc3cc(C(F)(F)F)ccc3Cl)c2)[nH]c1=S.CNC.O=CC1CC1. The number of halogens is 5. The molecule has 1 saturated carbocycles. The molecule has 220 valence electrons. The zero-order valence-electron chi connectivity index (χ0n) is 22.4. The molecule has 0 aliphatic heterocycles. The fourth-order valence-electron chi connectivity index (χ4n) is 3.04. The number of carbonyl (C=O) groups is 2. The van der Waals surface area contributed by atoms with Gasteiger partial charge in [0.2, 0.25) is 0 Å². The highest BCUT2D eigenvalue weighted by Gasteiger charge is 2.31. The van der Waals surface area contributed by atoms with Crippen molar-refractivity contribution in [2.24, 2.45) is 10.9 Å². The van der Waals surface area contributed by atoms with E-state index in [9.17, 15) is 27.2 Å². The number of rotatable bonds is 6. The van der Waals surface area contributed by atoms with Gasteiger partial charge in [-0.25, -0.2) is 9.18 Å². The smallest absolute Gasteiger partial charge is 0.331 e. The monoisotopic (exact) mass is 612 g/mol. The molecular formula is C27H29ClF4N6O2S. The number of urea groups is 1. The largest absolute Gasteiger partial charge is 0.416 e. The molecular weight excluding hydrogens is 584 g/mol. The van der Waals surface area contributed by atoms with Crippen molar-refractivity contribution in [2.45, 2.75) is 19.0 Å². The van der Waals surface area contributed by atoms with Crippen molar-refractivity contribution < 1.29 is 27.2 Å². The van der Waals surface area contributed by atoms with Gasteiger partial charge >= 0.3 is 12.2 Å². The molecule has 2 amide bonds. The van der Waals surface area contributed by atoms with Crippen LogP contribution in [0.2, 0.25) is 5.02 Å². The van der Waals surface area contributed by atoms with E-state index in [1.165, 1.54) is 12.1 Å². The first-order valence-corrected chi connectivity index (χ1v) is 12.8. The molecule has 1 fully saturated rings. The van der Waals surface area contributed by atoms with Crippen LogP contribution in [0.15, 0.2) is 53.5 Å². The molecule has 1 heterocycles. The summed E-state index contributed by atoms with van der Waals surface area (Å²) in [6, 6.07) is 8.80. The van der Waals surface area contributed by atoms with Crippen LogP contribution in [0, 0.1) is 16.4 Å². The second-order valence-corrected chi connectivity index (χ2v) is 9.50. The summed E-state index contributed by atoms with van der Waals surface area (Å²) in [5.74, 6) is 0.261. The number of hydrogen-bond donors (Lipinski definition) is 4. The maximum atomic E-state index is 14.3. The van der Waals surface area contributed by atoms with Crippen LogP contribution >= 0.6 is 23.8 Å². The van der Waals surface area contributed by atoms with E-state index in [0.717, 1.165) is 37.3 Å². The van der Waals surface area contributed by atoms with Gasteiger partial charge in [0.1, 0.15) is 22.6 Å². The Labute approximate surface area is 244 Å². The molecule has 0 saturated heterocycles. The molecule has 1 aliphatic rings. The van der Waals surface area contributed by atoms with Gasteiger partial charge in [0, 0.05) is 18.7 Å². The standard InChI is InChI=1S/C21H16ClF4N5OS.C4H6O.C2H7N/c1-27-15-7-8-18(30-19(15)33)31(2)12-4-6-14(23)17(10-12)29-20(32)28-16-9-11(21(24,25)26)3-5-13(16)22;5-3-4-1-2-4;1-3-2/h3-10H,1H2,2H3,(H,30,33)(H2,28,29,32);3-4H,1-2H2;3H,1-2H3. The van der Waals surface area contributed by atoms with Crippen LogP contribution in [0.5, 0.6) is 0 Å². The molecule has 3 aromatic rings. The van der Waals surface area contributed by atoms with Gasteiger partial charge in [0.15, 0.2) is 0 Å². The van der Waals surface area contributed by atoms with E-state index in [0.29, 0.717) is 33.8 Å². The molecule has 0 unspecified atom stereocenters. The Morgan fingerprint density at radius 2 is 1.76 bits per heavy atom. The number of nitrogens with zero attached hydrogens (tertiary/aromatic N) is 2. The van der Waals surface area contributed by atoms with Crippen LogP contribution < -0.4 is 20.9 Å². The van der Waals surface area contributed by atoms with Crippen molar-refractivity contribution in [2.75, 3.05) is 36.7 Å². The molecule has 8 nitrogen and oxygen atoms in total. The second kappa shape index (κ2) is 15.3. The van der Waals surface area contributed by atoms with Crippen molar-refractivity contribution in [3.63, 3.8) is 0 Å². The lowest BCUT2D eigenvalue weighted by Crippen LogP contribution is -2.21. The summed E-state index contributed by atoms with van der Waals surface area (Å²) < 4.78 is 53.4. The number of hydrogen-bond acceptors (Lipinski definition) is 6. The van der Waals surface area contributed by atoms with Crippen molar-refractivity contribution >= 4 is 71.4 Å². The van der Waals surface area contributed by atoms with Crippen LogP contribution in [0.3, 0.4) is 0 Å². The Balaban J connectivity index is 0.000000639. The van der Waals surface area contributed by atoms with Gasteiger partial charge in [-0.05, 0) is 82.2 Å². The van der Waals surface area contributed by atoms with Crippen molar-refractivity contribution in [1.29, 1.82) is 0 Å². The Morgan fingerprint density at radius 3 is 2.27 bits per heavy atom. The average molecular weight is 613 g/mol. The van der Waals surface area contributed by atoms with E-state index in [2.05, 4.69) is 32.6 Å². The van der Waals surface area contributed by atoms with Gasteiger partial charge < -0.3 is 30.6 Å². The van der Waals surface area contributed by atoms with Crippen LogP contribution in [0.25, 0.3) is 0 Å². The van der Waals surface area contributed by atoms with Gasteiger partial charge in [-0.15, -0.1) is 0 Å². The second-order valence-electron chi connectivity index (χ2n) is 8.68. The molecule has 2 aromatic carbocycles. The van der Waals surface area contributed by atoms with E-state index >= 15 is 0 Å². The Morgan fingerprint density at radius 1 is 1.12 bits per heavy atom. The highest BCUT2D eigenvalue weighted by Crippen LogP contribution is 2.34. The Kier molecular flexibility index (Phi) is 12.4. The maximum Gasteiger partial charge on any atom is 0.416 e. The minimum Gasteiger partial charge on any atom is -0.331 e. The molecule has 4 rings (SSSR count). The first-order valence-electron chi connectivity index (χ1n) is 12.1. The van der Waals surface area contributed by atoms with Crippen LogP contribution in [-0.4, -0.2) is 45.2 Å². The van der Waals surface area contributed by atoms with E-state index in [1.807, 2.05) is 14.1 Å². The van der Waals surface area contributed by atoms with Crippen molar-refractivity contribution in [1.82, 2.24) is 10.3 Å². The number of aldehydes is 1. The summed E-state index contributed by atoms with van der Waals surface area (Å²) in [5, 5.41) is 7.11. The number of aromatic nitrogens is 1. The predicted molar refractivity (Wildman–Crippen MR) is 158 cm³/mol. The molecule has 0 spiro atoms. The summed E-state index contributed by atoms with van der Waals surface area (Å²) in [7, 11) is 5.43. The van der Waals surface area contributed by atoms with Crippen molar-refractivity contribution in [3.05, 3.63) is 69.6 Å². The number of anilines is 4. The molecule has 1 aliphatic carbocycles. The van der Waals surface area contributed by atoms with E-state index in [1.54, 1.807) is 24.1 Å². The third-order valence-electron chi connectivity index (χ3n) is 5.35. The van der Waals surface area contributed by atoms with Gasteiger partial charge in [0.05, 0.1) is 27.6 Å². The van der Waals surface area contributed by atoms with Gasteiger partial charge in [-0.1, -0.05) is 23.8 Å². The van der Waals surface area contributed by atoms with E-state index in [-0.39, 0.29) is 16.4 Å². The van der Waals surface area contributed by atoms with Gasteiger partial charge in [-0.3, -0.25) is 4.99 Å².